The number of nitrogens with zero attached hydrogens (tertiary/aromatic N) is 4. The average Bonchev–Trinajstić information content (AvgIpc) is 3.01. The third-order valence-corrected chi connectivity index (χ3v) is 4.11. The van der Waals surface area contributed by atoms with Crippen LogP contribution < -0.4 is 10.6 Å². The second-order valence-electron chi connectivity index (χ2n) is 6.32. The van der Waals surface area contributed by atoms with Crippen molar-refractivity contribution in [1.29, 1.82) is 0 Å². The molecule has 1 aromatic rings. The first-order valence-corrected chi connectivity index (χ1v) is 8.75. The lowest BCUT2D eigenvalue weighted by atomic mass is 9.96. The highest BCUT2D eigenvalue weighted by Crippen LogP contribution is 2.17. The minimum atomic E-state index is 0.543. The van der Waals surface area contributed by atoms with Crippen molar-refractivity contribution in [1.82, 2.24) is 25.4 Å². The Bertz CT molecular complexity index is 513. The SMILES string of the molecule is C=C(C)CN=C(NCCn1cnnc1CC)NC1CCCCC1. The Hall–Kier alpha value is -1.85. The number of guanidine groups is 1. The zero-order valence-corrected chi connectivity index (χ0v) is 14.5. The second-order valence-corrected chi connectivity index (χ2v) is 6.32. The van der Waals surface area contributed by atoms with E-state index in [0.717, 1.165) is 36.9 Å². The number of nitrogens with one attached hydrogen (secondary N) is 2. The van der Waals surface area contributed by atoms with Gasteiger partial charge >= 0.3 is 0 Å². The average molecular weight is 318 g/mol. The molecular weight excluding hydrogens is 288 g/mol. The first kappa shape index (κ1) is 17.5. The maximum atomic E-state index is 4.63. The van der Waals surface area contributed by atoms with Gasteiger partial charge in [0.25, 0.3) is 0 Å². The van der Waals surface area contributed by atoms with Crippen LogP contribution in [0.25, 0.3) is 0 Å². The molecule has 1 aromatic heterocycles. The van der Waals surface area contributed by atoms with Crippen molar-refractivity contribution in [3.05, 3.63) is 24.3 Å². The molecule has 1 saturated carbocycles. The molecule has 0 aromatic carbocycles. The Morgan fingerprint density at radius 1 is 1.39 bits per heavy atom. The normalized spacial score (nSPS) is 16.3. The highest BCUT2D eigenvalue weighted by molar-refractivity contribution is 5.80. The number of hydrogen-bond acceptors (Lipinski definition) is 3. The van der Waals surface area contributed by atoms with Gasteiger partial charge in [0.05, 0.1) is 6.54 Å². The zero-order valence-electron chi connectivity index (χ0n) is 14.5. The molecule has 1 aliphatic rings. The van der Waals surface area contributed by atoms with Gasteiger partial charge in [0.2, 0.25) is 0 Å². The van der Waals surface area contributed by atoms with Gasteiger partial charge < -0.3 is 15.2 Å². The van der Waals surface area contributed by atoms with Crippen LogP contribution in [0.1, 0.15) is 51.8 Å². The van der Waals surface area contributed by atoms with Crippen molar-refractivity contribution in [3.8, 4) is 0 Å². The van der Waals surface area contributed by atoms with Crippen LogP contribution in [0.2, 0.25) is 0 Å². The molecule has 1 aliphatic carbocycles. The minimum absolute atomic E-state index is 0.543. The second kappa shape index (κ2) is 9.33. The van der Waals surface area contributed by atoms with Gasteiger partial charge in [-0.3, -0.25) is 0 Å². The molecule has 1 heterocycles. The van der Waals surface area contributed by atoms with E-state index >= 15 is 0 Å². The van der Waals surface area contributed by atoms with Crippen LogP contribution in [0.4, 0.5) is 0 Å². The molecule has 6 nitrogen and oxygen atoms in total. The number of aryl methyl sites for hydroxylation is 1. The number of aliphatic imine (C=N–C) groups is 1. The minimum Gasteiger partial charge on any atom is -0.355 e. The summed E-state index contributed by atoms with van der Waals surface area (Å²) in [4.78, 5) is 4.63. The Labute approximate surface area is 139 Å². The Kier molecular flexibility index (Phi) is 7.10. The summed E-state index contributed by atoms with van der Waals surface area (Å²) in [7, 11) is 0. The fourth-order valence-electron chi connectivity index (χ4n) is 2.84. The summed E-state index contributed by atoms with van der Waals surface area (Å²) in [6.45, 7) is 10.3. The Balaban J connectivity index is 1.86. The van der Waals surface area contributed by atoms with E-state index < -0.39 is 0 Å². The van der Waals surface area contributed by atoms with Crippen molar-refractivity contribution in [2.75, 3.05) is 13.1 Å². The summed E-state index contributed by atoms with van der Waals surface area (Å²) in [5, 5.41) is 15.1. The molecular formula is C17H30N6. The molecule has 0 saturated heterocycles. The molecule has 1 fully saturated rings. The molecule has 2 N–H and O–H groups in total. The van der Waals surface area contributed by atoms with E-state index in [1.807, 2.05) is 6.92 Å². The van der Waals surface area contributed by atoms with Crippen molar-refractivity contribution in [2.24, 2.45) is 4.99 Å². The fourth-order valence-corrected chi connectivity index (χ4v) is 2.84. The molecule has 0 bridgehead atoms. The molecule has 0 aliphatic heterocycles. The van der Waals surface area contributed by atoms with Crippen LogP contribution in [0, 0.1) is 0 Å². The summed E-state index contributed by atoms with van der Waals surface area (Å²) in [6, 6.07) is 0.543. The van der Waals surface area contributed by atoms with Crippen LogP contribution in [0.15, 0.2) is 23.5 Å². The van der Waals surface area contributed by atoms with Gasteiger partial charge in [0.15, 0.2) is 5.96 Å². The van der Waals surface area contributed by atoms with Gasteiger partial charge in [-0.25, -0.2) is 4.99 Å². The Morgan fingerprint density at radius 3 is 2.87 bits per heavy atom. The maximum Gasteiger partial charge on any atom is 0.191 e. The lowest BCUT2D eigenvalue weighted by Crippen LogP contribution is -2.45. The van der Waals surface area contributed by atoms with Crippen molar-refractivity contribution < 1.29 is 0 Å². The van der Waals surface area contributed by atoms with Crippen molar-refractivity contribution >= 4 is 5.96 Å². The summed E-state index contributed by atoms with van der Waals surface area (Å²) >= 11 is 0. The van der Waals surface area contributed by atoms with Crippen molar-refractivity contribution in [3.63, 3.8) is 0 Å². The molecule has 2 rings (SSSR count). The van der Waals surface area contributed by atoms with Gasteiger partial charge in [-0.05, 0) is 19.8 Å². The molecule has 0 spiro atoms. The first-order valence-electron chi connectivity index (χ1n) is 8.75. The standard InChI is InChI=1S/C17H30N6/c1-4-16-22-20-13-23(16)11-10-18-17(19-12-14(2)3)21-15-8-6-5-7-9-15/h13,15H,2,4-12H2,1,3H3,(H2,18,19,21). The molecule has 128 valence electrons. The van der Waals surface area contributed by atoms with Crippen LogP contribution in [0.5, 0.6) is 0 Å². The van der Waals surface area contributed by atoms with Crippen LogP contribution in [-0.2, 0) is 13.0 Å². The maximum absolute atomic E-state index is 4.63. The summed E-state index contributed by atoms with van der Waals surface area (Å²) in [6.07, 6.45) is 9.14. The number of aromatic nitrogens is 3. The summed E-state index contributed by atoms with van der Waals surface area (Å²) in [5.41, 5.74) is 1.07. The lowest BCUT2D eigenvalue weighted by molar-refractivity contribution is 0.409. The Morgan fingerprint density at radius 2 is 2.17 bits per heavy atom. The van der Waals surface area contributed by atoms with Gasteiger partial charge in [0, 0.05) is 25.6 Å². The van der Waals surface area contributed by atoms with E-state index in [1.165, 1.54) is 32.1 Å². The van der Waals surface area contributed by atoms with Crippen LogP contribution in [0.3, 0.4) is 0 Å². The fraction of sp³-hybridized carbons (Fsp3) is 0.706. The predicted octanol–water partition coefficient (Wildman–Crippen LogP) is 2.28. The van der Waals surface area contributed by atoms with E-state index in [0.29, 0.717) is 12.6 Å². The van der Waals surface area contributed by atoms with E-state index in [1.54, 1.807) is 6.33 Å². The smallest absolute Gasteiger partial charge is 0.191 e. The lowest BCUT2D eigenvalue weighted by Gasteiger charge is -2.25. The molecule has 6 heteroatoms. The monoisotopic (exact) mass is 318 g/mol. The largest absolute Gasteiger partial charge is 0.355 e. The molecule has 0 amide bonds. The van der Waals surface area contributed by atoms with E-state index in [4.69, 9.17) is 0 Å². The van der Waals surface area contributed by atoms with E-state index in [2.05, 4.69) is 43.9 Å². The predicted molar refractivity (Wildman–Crippen MR) is 94.5 cm³/mol. The topological polar surface area (TPSA) is 67.1 Å². The van der Waals surface area contributed by atoms with E-state index in [9.17, 15) is 0 Å². The molecule has 0 radical (unpaired) electrons. The molecule has 23 heavy (non-hydrogen) atoms. The third kappa shape index (κ3) is 6.04. The van der Waals surface area contributed by atoms with Gasteiger partial charge in [-0.1, -0.05) is 38.3 Å². The number of rotatable bonds is 7. The van der Waals surface area contributed by atoms with Gasteiger partial charge in [-0.15, -0.1) is 10.2 Å². The molecule has 0 unspecified atom stereocenters. The highest BCUT2D eigenvalue weighted by Gasteiger charge is 2.14. The zero-order chi connectivity index (χ0) is 16.5. The van der Waals surface area contributed by atoms with Gasteiger partial charge in [0.1, 0.15) is 12.2 Å². The third-order valence-electron chi connectivity index (χ3n) is 4.11. The van der Waals surface area contributed by atoms with E-state index in [-0.39, 0.29) is 0 Å². The summed E-state index contributed by atoms with van der Waals surface area (Å²) < 4.78 is 2.09. The number of hydrogen-bond donors (Lipinski definition) is 2. The highest BCUT2D eigenvalue weighted by atomic mass is 15.3. The quantitative estimate of drug-likeness (QED) is 0.460. The van der Waals surface area contributed by atoms with Crippen molar-refractivity contribution in [2.45, 2.75) is 65.0 Å². The van der Waals surface area contributed by atoms with Gasteiger partial charge in [-0.2, -0.15) is 0 Å². The molecule has 0 atom stereocenters. The first-order chi connectivity index (χ1) is 11.2. The van der Waals surface area contributed by atoms with Crippen LogP contribution in [-0.4, -0.2) is 39.9 Å². The summed E-state index contributed by atoms with van der Waals surface area (Å²) in [5.74, 6) is 1.92. The van der Waals surface area contributed by atoms with Crippen LogP contribution >= 0.6 is 0 Å².